The number of urea groups is 1. The van der Waals surface area contributed by atoms with E-state index < -0.39 is 0 Å². The number of nitrogens with zero attached hydrogens (tertiary/aromatic N) is 1. The fourth-order valence-corrected chi connectivity index (χ4v) is 1.81. The standard InChI is InChI=1S/C14H14ClN3O/c1-10(12-7-4-5-9-16-12)17-14(19)18-13-8-3-2-6-11(13)15/h2-10H,1H3,(H2,17,18,19). The molecule has 2 N–H and O–H groups in total. The number of carbonyl (C=O) groups is 1. The second-order valence-corrected chi connectivity index (χ2v) is 4.46. The van der Waals surface area contributed by atoms with Crippen LogP contribution in [-0.4, -0.2) is 11.0 Å². The van der Waals surface area contributed by atoms with Gasteiger partial charge in [-0.3, -0.25) is 4.98 Å². The molecule has 1 aromatic heterocycles. The lowest BCUT2D eigenvalue weighted by Crippen LogP contribution is -2.31. The Bertz CT molecular complexity index is 560. The number of carbonyl (C=O) groups excluding carboxylic acids is 1. The van der Waals surface area contributed by atoms with E-state index in [2.05, 4.69) is 15.6 Å². The number of anilines is 1. The van der Waals surface area contributed by atoms with Gasteiger partial charge >= 0.3 is 6.03 Å². The molecule has 19 heavy (non-hydrogen) atoms. The highest BCUT2D eigenvalue weighted by Crippen LogP contribution is 2.20. The smallest absolute Gasteiger partial charge is 0.319 e. The Labute approximate surface area is 116 Å². The van der Waals surface area contributed by atoms with Crippen molar-refractivity contribution in [2.24, 2.45) is 0 Å². The lowest BCUT2D eigenvalue weighted by Gasteiger charge is -2.14. The minimum atomic E-state index is -0.314. The van der Waals surface area contributed by atoms with Gasteiger partial charge in [-0.25, -0.2) is 4.79 Å². The molecule has 0 aliphatic rings. The predicted octanol–water partition coefficient (Wildman–Crippen LogP) is 3.62. The molecule has 2 aromatic rings. The zero-order valence-corrected chi connectivity index (χ0v) is 11.2. The van der Waals surface area contributed by atoms with Crippen molar-refractivity contribution in [3.8, 4) is 0 Å². The third kappa shape index (κ3) is 3.69. The Morgan fingerprint density at radius 2 is 1.95 bits per heavy atom. The highest BCUT2D eigenvalue weighted by Gasteiger charge is 2.11. The molecule has 1 unspecified atom stereocenters. The van der Waals surface area contributed by atoms with E-state index >= 15 is 0 Å². The highest BCUT2D eigenvalue weighted by atomic mass is 35.5. The van der Waals surface area contributed by atoms with Crippen molar-refractivity contribution in [3.63, 3.8) is 0 Å². The van der Waals surface area contributed by atoms with Crippen LogP contribution in [0, 0.1) is 0 Å². The lowest BCUT2D eigenvalue weighted by molar-refractivity contribution is 0.249. The first-order chi connectivity index (χ1) is 9.16. The molecule has 0 radical (unpaired) electrons. The third-order valence-corrected chi connectivity index (χ3v) is 2.93. The van der Waals surface area contributed by atoms with Crippen LogP contribution in [0.1, 0.15) is 18.7 Å². The van der Waals surface area contributed by atoms with E-state index in [4.69, 9.17) is 11.6 Å². The number of hydrogen-bond donors (Lipinski definition) is 2. The van der Waals surface area contributed by atoms with Crippen molar-refractivity contribution >= 4 is 23.3 Å². The second kappa shape index (κ2) is 6.20. The monoisotopic (exact) mass is 275 g/mol. The van der Waals surface area contributed by atoms with Crippen molar-refractivity contribution < 1.29 is 4.79 Å². The SMILES string of the molecule is CC(NC(=O)Nc1ccccc1Cl)c1ccccn1. The Balaban J connectivity index is 1.97. The zero-order valence-electron chi connectivity index (χ0n) is 10.4. The Morgan fingerprint density at radius 1 is 1.21 bits per heavy atom. The van der Waals surface area contributed by atoms with Gasteiger partial charge in [0.1, 0.15) is 0 Å². The van der Waals surface area contributed by atoms with Crippen molar-refractivity contribution in [1.29, 1.82) is 0 Å². The first kappa shape index (κ1) is 13.4. The number of nitrogens with one attached hydrogen (secondary N) is 2. The molecule has 4 nitrogen and oxygen atoms in total. The van der Waals surface area contributed by atoms with Gasteiger partial charge in [-0.05, 0) is 31.2 Å². The first-order valence-corrected chi connectivity index (χ1v) is 6.27. The van der Waals surface area contributed by atoms with Gasteiger partial charge in [-0.15, -0.1) is 0 Å². The van der Waals surface area contributed by atoms with E-state index in [0.717, 1.165) is 5.69 Å². The number of benzene rings is 1. The Morgan fingerprint density at radius 3 is 2.63 bits per heavy atom. The van der Waals surface area contributed by atoms with Crippen LogP contribution in [0.5, 0.6) is 0 Å². The van der Waals surface area contributed by atoms with Crippen molar-refractivity contribution in [2.45, 2.75) is 13.0 Å². The number of halogens is 1. The molecule has 0 saturated heterocycles. The Kier molecular flexibility index (Phi) is 4.36. The molecule has 0 saturated carbocycles. The second-order valence-electron chi connectivity index (χ2n) is 4.05. The number of rotatable bonds is 3. The van der Waals surface area contributed by atoms with Gasteiger partial charge in [0.25, 0.3) is 0 Å². The van der Waals surface area contributed by atoms with E-state index in [-0.39, 0.29) is 12.1 Å². The average Bonchev–Trinajstić information content (AvgIpc) is 2.42. The summed E-state index contributed by atoms with van der Waals surface area (Å²) < 4.78 is 0. The summed E-state index contributed by atoms with van der Waals surface area (Å²) in [6.45, 7) is 1.87. The van der Waals surface area contributed by atoms with Crippen LogP contribution >= 0.6 is 11.6 Å². The van der Waals surface area contributed by atoms with Gasteiger partial charge in [0.2, 0.25) is 0 Å². The average molecular weight is 276 g/mol. The number of amides is 2. The van der Waals surface area contributed by atoms with Crippen LogP contribution in [0.3, 0.4) is 0 Å². The third-order valence-electron chi connectivity index (χ3n) is 2.60. The van der Waals surface area contributed by atoms with E-state index in [1.807, 2.05) is 37.3 Å². The highest BCUT2D eigenvalue weighted by molar-refractivity contribution is 6.33. The van der Waals surface area contributed by atoms with Crippen molar-refractivity contribution in [1.82, 2.24) is 10.3 Å². The summed E-state index contributed by atoms with van der Waals surface area (Å²) >= 11 is 5.97. The van der Waals surface area contributed by atoms with E-state index in [1.165, 1.54) is 0 Å². The van der Waals surface area contributed by atoms with Crippen molar-refractivity contribution in [3.05, 3.63) is 59.4 Å². The fourth-order valence-electron chi connectivity index (χ4n) is 1.62. The predicted molar refractivity (Wildman–Crippen MR) is 76.3 cm³/mol. The molecule has 5 heteroatoms. The Hall–Kier alpha value is -2.07. The topological polar surface area (TPSA) is 54.0 Å². The normalized spacial score (nSPS) is 11.7. The van der Waals surface area contributed by atoms with E-state index in [9.17, 15) is 4.79 Å². The molecule has 0 aliphatic carbocycles. The quantitative estimate of drug-likeness (QED) is 0.899. The van der Waals surface area contributed by atoms with Crippen molar-refractivity contribution in [2.75, 3.05) is 5.32 Å². The van der Waals surface area contributed by atoms with Gasteiger partial charge in [-0.1, -0.05) is 29.8 Å². The molecule has 0 aliphatic heterocycles. The molecule has 1 heterocycles. The zero-order chi connectivity index (χ0) is 13.7. The number of aromatic nitrogens is 1. The molecule has 1 aromatic carbocycles. The van der Waals surface area contributed by atoms with Crippen LogP contribution in [0.15, 0.2) is 48.7 Å². The summed E-state index contributed by atoms with van der Waals surface area (Å²) in [5.74, 6) is 0. The molecular formula is C14H14ClN3O. The summed E-state index contributed by atoms with van der Waals surface area (Å²) in [7, 11) is 0. The van der Waals surface area contributed by atoms with Crippen LogP contribution in [0.25, 0.3) is 0 Å². The van der Waals surface area contributed by atoms with Gasteiger partial charge in [-0.2, -0.15) is 0 Å². The molecule has 98 valence electrons. The minimum Gasteiger partial charge on any atom is -0.330 e. The summed E-state index contributed by atoms with van der Waals surface area (Å²) in [4.78, 5) is 16.0. The van der Waals surface area contributed by atoms with Crippen LogP contribution < -0.4 is 10.6 Å². The maximum Gasteiger partial charge on any atom is 0.319 e. The summed E-state index contributed by atoms with van der Waals surface area (Å²) in [5, 5.41) is 6.00. The summed E-state index contributed by atoms with van der Waals surface area (Å²) in [5.41, 5.74) is 1.38. The van der Waals surface area contributed by atoms with Crippen LogP contribution in [-0.2, 0) is 0 Å². The number of pyridine rings is 1. The summed E-state index contributed by atoms with van der Waals surface area (Å²) in [6, 6.07) is 12.2. The van der Waals surface area contributed by atoms with Crippen LogP contribution in [0.4, 0.5) is 10.5 Å². The molecule has 1 atom stereocenters. The van der Waals surface area contributed by atoms with Crippen LogP contribution in [0.2, 0.25) is 5.02 Å². The number of para-hydroxylation sites is 1. The molecular weight excluding hydrogens is 262 g/mol. The van der Waals surface area contributed by atoms with Gasteiger partial charge in [0, 0.05) is 6.20 Å². The molecule has 2 amide bonds. The maximum atomic E-state index is 11.8. The van der Waals surface area contributed by atoms with Gasteiger partial charge in [0.05, 0.1) is 22.4 Å². The maximum absolute atomic E-state index is 11.8. The lowest BCUT2D eigenvalue weighted by atomic mass is 10.2. The molecule has 0 fully saturated rings. The first-order valence-electron chi connectivity index (χ1n) is 5.90. The number of hydrogen-bond acceptors (Lipinski definition) is 2. The van der Waals surface area contributed by atoms with Gasteiger partial charge in [0.15, 0.2) is 0 Å². The molecule has 0 spiro atoms. The molecule has 0 bridgehead atoms. The minimum absolute atomic E-state index is 0.177. The van der Waals surface area contributed by atoms with Gasteiger partial charge < -0.3 is 10.6 Å². The summed E-state index contributed by atoms with van der Waals surface area (Å²) in [6.07, 6.45) is 1.69. The molecule has 2 rings (SSSR count). The van der Waals surface area contributed by atoms with E-state index in [1.54, 1.807) is 18.3 Å². The fraction of sp³-hybridized carbons (Fsp3) is 0.143. The van der Waals surface area contributed by atoms with E-state index in [0.29, 0.717) is 10.7 Å². The largest absolute Gasteiger partial charge is 0.330 e.